The first kappa shape index (κ1) is 31.8. The summed E-state index contributed by atoms with van der Waals surface area (Å²) in [6, 6.07) is 0. The van der Waals surface area contributed by atoms with Gasteiger partial charge in [-0.1, -0.05) is 79.7 Å². The summed E-state index contributed by atoms with van der Waals surface area (Å²) in [4.78, 5) is 0. The summed E-state index contributed by atoms with van der Waals surface area (Å²) in [7, 11) is -1.87. The molecule has 0 amide bonds. The Hall–Kier alpha value is -0.683. The fourth-order valence-electron chi connectivity index (χ4n) is 7.50. The molecule has 0 aromatic heterocycles. The summed E-state index contributed by atoms with van der Waals surface area (Å²) in [6.45, 7) is 27.5. The zero-order chi connectivity index (χ0) is 28.7. The first-order chi connectivity index (χ1) is 17.4. The van der Waals surface area contributed by atoms with Crippen LogP contribution in [0.4, 0.5) is 0 Å². The van der Waals surface area contributed by atoms with Gasteiger partial charge in [-0.3, -0.25) is 0 Å². The fourth-order valence-corrected chi connectivity index (χ4v) is 8.89. The number of fused-ring (bicyclic) bond motifs is 1. The van der Waals surface area contributed by atoms with Gasteiger partial charge in [0.05, 0.1) is 5.60 Å². The van der Waals surface area contributed by atoms with Gasteiger partial charge < -0.3 is 14.6 Å². The maximum atomic E-state index is 12.2. The van der Waals surface area contributed by atoms with Crippen molar-refractivity contribution in [3.63, 3.8) is 0 Å². The van der Waals surface area contributed by atoms with Crippen LogP contribution in [0.1, 0.15) is 107 Å². The Kier molecular flexibility index (Phi) is 9.77. The molecule has 0 saturated heterocycles. The lowest BCUT2D eigenvalue weighted by Crippen LogP contribution is -2.56. The molecule has 0 aromatic carbocycles. The molecule has 0 aliphatic heterocycles. The fraction of sp³-hybridized carbons (Fsp3) is 0.824. The Morgan fingerprint density at radius 2 is 1.71 bits per heavy atom. The summed E-state index contributed by atoms with van der Waals surface area (Å²) in [6.07, 6.45) is 13.7. The number of allylic oxidation sites excluding steroid dienone is 3. The van der Waals surface area contributed by atoms with Crippen LogP contribution in [-0.2, 0) is 4.43 Å². The van der Waals surface area contributed by atoms with E-state index in [0.29, 0.717) is 30.1 Å². The number of hydrogen-bond acceptors (Lipinski definition) is 3. The van der Waals surface area contributed by atoms with Crippen molar-refractivity contribution in [2.24, 2.45) is 35.0 Å². The van der Waals surface area contributed by atoms with Gasteiger partial charge in [0, 0.05) is 6.10 Å². The van der Waals surface area contributed by atoms with Crippen LogP contribution in [-0.4, -0.2) is 36.3 Å². The predicted molar refractivity (Wildman–Crippen MR) is 165 cm³/mol. The zero-order valence-corrected chi connectivity index (χ0v) is 27.4. The summed E-state index contributed by atoms with van der Waals surface area (Å²) in [5.74, 6) is 2.37. The van der Waals surface area contributed by atoms with Gasteiger partial charge in [-0.25, -0.2) is 0 Å². The van der Waals surface area contributed by atoms with Gasteiger partial charge in [0.25, 0.3) is 0 Å². The Morgan fingerprint density at radius 3 is 2.32 bits per heavy atom. The normalized spacial score (nSPS) is 36.6. The molecule has 0 aromatic rings. The van der Waals surface area contributed by atoms with Gasteiger partial charge in [-0.15, -0.1) is 0 Å². The van der Waals surface area contributed by atoms with Crippen molar-refractivity contribution in [3.05, 3.63) is 36.0 Å². The minimum Gasteiger partial charge on any atom is -0.414 e. The van der Waals surface area contributed by atoms with Gasteiger partial charge in [-0.05, 0) is 116 Å². The van der Waals surface area contributed by atoms with Crippen LogP contribution in [0.3, 0.4) is 0 Å². The van der Waals surface area contributed by atoms with E-state index in [0.717, 1.165) is 56.1 Å². The monoisotopic (exact) mass is 544 g/mol. The molecule has 3 unspecified atom stereocenters. The topological polar surface area (TPSA) is 49.7 Å². The average molecular weight is 545 g/mol. The first-order valence-electron chi connectivity index (χ1n) is 15.6. The van der Waals surface area contributed by atoms with E-state index in [-0.39, 0.29) is 22.5 Å². The molecule has 3 aliphatic carbocycles. The van der Waals surface area contributed by atoms with Crippen LogP contribution in [0.15, 0.2) is 36.0 Å². The van der Waals surface area contributed by atoms with Crippen molar-refractivity contribution in [2.45, 2.75) is 143 Å². The largest absolute Gasteiger partial charge is 0.414 e. The molecule has 0 spiro atoms. The van der Waals surface area contributed by atoms with Crippen LogP contribution >= 0.6 is 0 Å². The van der Waals surface area contributed by atoms with E-state index in [1.165, 1.54) is 0 Å². The van der Waals surface area contributed by atoms with Crippen molar-refractivity contribution in [3.8, 4) is 0 Å². The number of hydrogen-bond donors (Lipinski definition) is 2. The van der Waals surface area contributed by atoms with Crippen LogP contribution in [0.25, 0.3) is 0 Å². The van der Waals surface area contributed by atoms with Crippen molar-refractivity contribution in [1.82, 2.24) is 0 Å². The third kappa shape index (κ3) is 6.45. The summed E-state index contributed by atoms with van der Waals surface area (Å²) < 4.78 is 6.76. The molecule has 3 aliphatic rings. The molecule has 0 bridgehead atoms. The molecule has 3 saturated carbocycles. The van der Waals surface area contributed by atoms with E-state index in [9.17, 15) is 10.2 Å². The SMILES string of the molecule is C=C1CC[C@H](O[Si](C)(C)C(C)(C)C)C/C1=C/C(O)C1(O)CCC[C@@]2(C)C1CC[C@@H]2[C@H](C)/C=C/[C@H](C)C(C)C. The number of rotatable bonds is 8. The van der Waals surface area contributed by atoms with E-state index >= 15 is 0 Å². The maximum Gasteiger partial charge on any atom is 0.192 e. The van der Waals surface area contributed by atoms with Gasteiger partial charge in [0.15, 0.2) is 8.32 Å². The zero-order valence-electron chi connectivity index (χ0n) is 26.4. The lowest BCUT2D eigenvalue weighted by atomic mass is 9.56. The molecular weight excluding hydrogens is 484 g/mol. The average Bonchev–Trinajstić information content (AvgIpc) is 3.16. The predicted octanol–water partition coefficient (Wildman–Crippen LogP) is 8.84. The molecule has 3 nitrogen and oxygen atoms in total. The Balaban J connectivity index is 1.78. The molecule has 0 radical (unpaired) electrons. The molecule has 3 rings (SSSR count). The van der Waals surface area contributed by atoms with Gasteiger partial charge in [0.1, 0.15) is 6.10 Å². The van der Waals surface area contributed by atoms with E-state index in [2.05, 4.69) is 87.2 Å². The molecule has 2 N–H and O–H groups in total. The summed E-state index contributed by atoms with van der Waals surface area (Å²) >= 11 is 0. The van der Waals surface area contributed by atoms with Crippen LogP contribution in [0.2, 0.25) is 18.1 Å². The molecule has 218 valence electrons. The quantitative estimate of drug-likeness (QED) is 0.237. The van der Waals surface area contributed by atoms with E-state index in [1.54, 1.807) is 0 Å². The van der Waals surface area contributed by atoms with Gasteiger partial charge in [-0.2, -0.15) is 0 Å². The molecular formula is C34H60O3Si. The number of aliphatic hydroxyl groups is 2. The van der Waals surface area contributed by atoms with Gasteiger partial charge >= 0.3 is 0 Å². The van der Waals surface area contributed by atoms with Gasteiger partial charge in [0.2, 0.25) is 0 Å². The molecule has 4 heteroatoms. The standard InChI is InChI=1S/C34H60O3Si/c1-23(2)24(3)13-14-26(5)29-17-18-30-33(29,9)19-12-20-34(30,36)31(35)22-27-21-28(16-15-25(27)4)37-38(10,11)32(6,7)8/h13-14,22-24,26,28-31,35-36H,4,12,15-21H2,1-3,5-11H3/b14-13+,27-22-/t24-,26+,28-,29+,30?,31?,33+,34?/m0/s1. The smallest absolute Gasteiger partial charge is 0.192 e. The molecule has 8 atom stereocenters. The third-order valence-electron chi connectivity index (χ3n) is 11.5. The van der Waals surface area contributed by atoms with Crippen molar-refractivity contribution in [1.29, 1.82) is 0 Å². The highest BCUT2D eigenvalue weighted by molar-refractivity contribution is 6.74. The Bertz CT molecular complexity index is 896. The lowest BCUT2D eigenvalue weighted by Gasteiger charge is -2.52. The minimum absolute atomic E-state index is 0.0505. The summed E-state index contributed by atoms with van der Waals surface area (Å²) in [5.41, 5.74) is 1.18. The van der Waals surface area contributed by atoms with Crippen molar-refractivity contribution >= 4 is 8.32 Å². The summed E-state index contributed by atoms with van der Waals surface area (Å²) in [5, 5.41) is 24.0. The first-order valence-corrected chi connectivity index (χ1v) is 18.5. The van der Waals surface area contributed by atoms with Crippen LogP contribution < -0.4 is 0 Å². The minimum atomic E-state index is -1.87. The second-order valence-electron chi connectivity index (χ2n) is 15.4. The highest BCUT2D eigenvalue weighted by Gasteiger charge is 2.59. The Morgan fingerprint density at radius 1 is 1.05 bits per heavy atom. The lowest BCUT2D eigenvalue weighted by molar-refractivity contribution is -0.155. The molecule has 0 heterocycles. The van der Waals surface area contributed by atoms with Crippen molar-refractivity contribution in [2.75, 3.05) is 0 Å². The molecule has 38 heavy (non-hydrogen) atoms. The highest BCUT2D eigenvalue weighted by atomic mass is 28.4. The van der Waals surface area contributed by atoms with E-state index < -0.39 is 20.0 Å². The third-order valence-corrected chi connectivity index (χ3v) is 16.1. The highest BCUT2D eigenvalue weighted by Crippen LogP contribution is 2.61. The van der Waals surface area contributed by atoms with Crippen LogP contribution in [0.5, 0.6) is 0 Å². The van der Waals surface area contributed by atoms with E-state index in [1.807, 2.05) is 6.08 Å². The van der Waals surface area contributed by atoms with Crippen molar-refractivity contribution < 1.29 is 14.6 Å². The maximum absolute atomic E-state index is 12.2. The number of aliphatic hydroxyl groups excluding tert-OH is 1. The second-order valence-corrected chi connectivity index (χ2v) is 20.2. The van der Waals surface area contributed by atoms with E-state index in [4.69, 9.17) is 4.43 Å². The Labute approximate surface area is 236 Å². The van der Waals surface area contributed by atoms with Crippen LogP contribution in [0, 0.1) is 35.0 Å². The molecule has 3 fully saturated rings. The second kappa shape index (κ2) is 11.7.